The van der Waals surface area contributed by atoms with Crippen molar-refractivity contribution < 1.29 is 8.42 Å². The Balaban J connectivity index is 0.00000128. The molecule has 1 aromatic heterocycles. The topological polar surface area (TPSA) is 81.2 Å². The molecular formula is C8H15ClN4O2S. The fourth-order valence-corrected chi connectivity index (χ4v) is 3.15. The highest BCUT2D eigenvalue weighted by Crippen LogP contribution is 2.19. The summed E-state index contributed by atoms with van der Waals surface area (Å²) in [5.41, 5.74) is 5.68. The highest BCUT2D eigenvalue weighted by Gasteiger charge is 2.31. The molecule has 2 N–H and O–H groups in total. The minimum atomic E-state index is -3.38. The summed E-state index contributed by atoms with van der Waals surface area (Å²) in [6.07, 6.45) is 3.58. The fraction of sp³-hybridized carbons (Fsp3) is 0.625. The lowest BCUT2D eigenvalue weighted by molar-refractivity contribution is 0.472. The van der Waals surface area contributed by atoms with Gasteiger partial charge in [0.2, 0.25) is 10.0 Å². The molecule has 0 aliphatic carbocycles. The number of nitrogens with two attached hydrogens (primary N) is 1. The van der Waals surface area contributed by atoms with Crippen LogP contribution < -0.4 is 5.73 Å². The lowest BCUT2D eigenvalue weighted by Crippen LogP contribution is -2.31. The zero-order valence-corrected chi connectivity index (χ0v) is 10.5. The molecule has 1 unspecified atom stereocenters. The van der Waals surface area contributed by atoms with Gasteiger partial charge in [0.25, 0.3) is 0 Å². The minimum absolute atomic E-state index is 0. The summed E-state index contributed by atoms with van der Waals surface area (Å²) in [6.45, 7) is 0.898. The predicted octanol–water partition coefficient (Wildman–Crippen LogP) is -0.436. The van der Waals surface area contributed by atoms with Gasteiger partial charge >= 0.3 is 0 Å². The number of hydrogen-bond acceptors (Lipinski definition) is 4. The number of sulfonamides is 1. The molecule has 0 radical (unpaired) electrons. The highest BCUT2D eigenvalue weighted by atomic mass is 35.5. The zero-order chi connectivity index (χ0) is 11.1. The SMILES string of the molecule is Cl.Cn1cc(S(=O)(=O)N2CCC(N)C2)cn1. The molecule has 6 nitrogen and oxygen atoms in total. The molecule has 16 heavy (non-hydrogen) atoms. The van der Waals surface area contributed by atoms with Crippen LogP contribution in [0.5, 0.6) is 0 Å². The molecule has 0 saturated carbocycles. The third kappa shape index (κ3) is 2.37. The van der Waals surface area contributed by atoms with Gasteiger partial charge in [-0.1, -0.05) is 0 Å². The third-order valence-electron chi connectivity index (χ3n) is 2.51. The van der Waals surface area contributed by atoms with Crippen LogP contribution in [0.3, 0.4) is 0 Å². The molecule has 8 heteroatoms. The first kappa shape index (κ1) is 13.4. The standard InChI is InChI=1S/C8H14N4O2S.ClH/c1-11-6-8(4-10-11)15(13,14)12-3-2-7(9)5-12;/h4,6-7H,2-3,5,9H2,1H3;1H. The van der Waals surface area contributed by atoms with Crippen molar-refractivity contribution in [1.29, 1.82) is 0 Å². The average molecular weight is 267 g/mol. The minimum Gasteiger partial charge on any atom is -0.326 e. The number of aryl methyl sites for hydroxylation is 1. The van der Waals surface area contributed by atoms with Crippen molar-refractivity contribution in [3.05, 3.63) is 12.4 Å². The average Bonchev–Trinajstić information content (AvgIpc) is 2.74. The van der Waals surface area contributed by atoms with Crippen molar-refractivity contribution in [3.63, 3.8) is 0 Å². The Hall–Kier alpha value is -0.630. The fourth-order valence-electron chi connectivity index (χ4n) is 1.65. The lowest BCUT2D eigenvalue weighted by Gasteiger charge is -2.13. The molecule has 0 spiro atoms. The largest absolute Gasteiger partial charge is 0.326 e. The quantitative estimate of drug-likeness (QED) is 0.787. The van der Waals surface area contributed by atoms with Gasteiger partial charge in [-0.2, -0.15) is 9.40 Å². The maximum absolute atomic E-state index is 12.0. The van der Waals surface area contributed by atoms with E-state index in [0.29, 0.717) is 13.1 Å². The van der Waals surface area contributed by atoms with Gasteiger partial charge in [-0.05, 0) is 6.42 Å². The third-order valence-corrected chi connectivity index (χ3v) is 4.32. The van der Waals surface area contributed by atoms with Gasteiger partial charge in [0.1, 0.15) is 4.90 Å². The number of aromatic nitrogens is 2. The van der Waals surface area contributed by atoms with Crippen LogP contribution in [0, 0.1) is 0 Å². The molecule has 0 aromatic carbocycles. The highest BCUT2D eigenvalue weighted by molar-refractivity contribution is 7.89. The maximum atomic E-state index is 12.0. The van der Waals surface area contributed by atoms with Crippen molar-refractivity contribution in [2.24, 2.45) is 12.8 Å². The Morgan fingerprint density at radius 1 is 1.56 bits per heavy atom. The van der Waals surface area contributed by atoms with Crippen molar-refractivity contribution in [1.82, 2.24) is 14.1 Å². The Morgan fingerprint density at radius 2 is 2.25 bits per heavy atom. The van der Waals surface area contributed by atoms with Gasteiger partial charge in [0.05, 0.1) is 6.20 Å². The van der Waals surface area contributed by atoms with Crippen LogP contribution in [0.4, 0.5) is 0 Å². The number of rotatable bonds is 2. The van der Waals surface area contributed by atoms with E-state index in [2.05, 4.69) is 5.10 Å². The van der Waals surface area contributed by atoms with E-state index in [-0.39, 0.29) is 23.3 Å². The van der Waals surface area contributed by atoms with Crippen LogP contribution in [-0.2, 0) is 17.1 Å². The second-order valence-electron chi connectivity index (χ2n) is 3.76. The Morgan fingerprint density at radius 3 is 2.69 bits per heavy atom. The molecule has 0 amide bonds. The predicted molar refractivity (Wildman–Crippen MR) is 61.8 cm³/mol. The molecule has 1 aliphatic rings. The van der Waals surface area contributed by atoms with Crippen LogP contribution >= 0.6 is 12.4 Å². The van der Waals surface area contributed by atoms with E-state index in [1.807, 2.05) is 0 Å². The first-order chi connectivity index (χ1) is 7.00. The summed E-state index contributed by atoms with van der Waals surface area (Å²) in [7, 11) is -1.69. The van der Waals surface area contributed by atoms with Crippen LogP contribution in [0.25, 0.3) is 0 Å². The van der Waals surface area contributed by atoms with Crippen molar-refractivity contribution in [3.8, 4) is 0 Å². The summed E-state index contributed by atoms with van der Waals surface area (Å²) in [6, 6.07) is -0.0450. The van der Waals surface area contributed by atoms with Crippen molar-refractivity contribution >= 4 is 22.4 Å². The van der Waals surface area contributed by atoms with Crippen LogP contribution in [-0.4, -0.2) is 41.6 Å². The summed E-state index contributed by atoms with van der Waals surface area (Å²) in [4.78, 5) is 0.235. The Labute approximate surface area is 101 Å². The van der Waals surface area contributed by atoms with E-state index >= 15 is 0 Å². The molecule has 1 atom stereocenters. The monoisotopic (exact) mass is 266 g/mol. The maximum Gasteiger partial charge on any atom is 0.246 e. The van der Waals surface area contributed by atoms with Gasteiger partial charge in [0, 0.05) is 32.4 Å². The molecule has 92 valence electrons. The van der Waals surface area contributed by atoms with Gasteiger partial charge in [0.15, 0.2) is 0 Å². The van der Waals surface area contributed by atoms with Gasteiger partial charge < -0.3 is 5.73 Å². The van der Waals surface area contributed by atoms with Gasteiger partial charge in [-0.25, -0.2) is 8.42 Å². The molecule has 1 aromatic rings. The van der Waals surface area contributed by atoms with E-state index in [0.717, 1.165) is 6.42 Å². The van der Waals surface area contributed by atoms with E-state index in [4.69, 9.17) is 5.73 Å². The number of halogens is 1. The Kier molecular flexibility index (Phi) is 3.95. The molecule has 2 heterocycles. The molecule has 2 rings (SSSR count). The van der Waals surface area contributed by atoms with E-state index in [1.54, 1.807) is 7.05 Å². The van der Waals surface area contributed by atoms with Crippen LogP contribution in [0.15, 0.2) is 17.3 Å². The molecular weight excluding hydrogens is 252 g/mol. The number of hydrogen-bond donors (Lipinski definition) is 1. The normalized spacial score (nSPS) is 22.0. The molecule has 1 saturated heterocycles. The summed E-state index contributed by atoms with van der Waals surface area (Å²) in [5.74, 6) is 0. The Bertz CT molecular complexity index is 458. The summed E-state index contributed by atoms with van der Waals surface area (Å²) >= 11 is 0. The number of nitrogens with zero attached hydrogens (tertiary/aromatic N) is 3. The van der Waals surface area contributed by atoms with Gasteiger partial charge in [-0.15, -0.1) is 12.4 Å². The van der Waals surface area contributed by atoms with Crippen LogP contribution in [0.2, 0.25) is 0 Å². The van der Waals surface area contributed by atoms with Crippen molar-refractivity contribution in [2.75, 3.05) is 13.1 Å². The summed E-state index contributed by atoms with van der Waals surface area (Å²) in [5, 5.41) is 3.85. The zero-order valence-electron chi connectivity index (χ0n) is 8.91. The first-order valence-electron chi connectivity index (χ1n) is 4.74. The van der Waals surface area contributed by atoms with E-state index < -0.39 is 10.0 Å². The lowest BCUT2D eigenvalue weighted by atomic mass is 10.3. The molecule has 1 aliphatic heterocycles. The summed E-state index contributed by atoms with van der Waals surface area (Å²) < 4.78 is 26.9. The van der Waals surface area contributed by atoms with Crippen molar-refractivity contribution in [2.45, 2.75) is 17.4 Å². The second-order valence-corrected chi connectivity index (χ2v) is 5.70. The first-order valence-corrected chi connectivity index (χ1v) is 6.18. The molecule has 1 fully saturated rings. The van der Waals surface area contributed by atoms with Gasteiger partial charge in [-0.3, -0.25) is 4.68 Å². The van der Waals surface area contributed by atoms with Crippen LogP contribution in [0.1, 0.15) is 6.42 Å². The molecule has 0 bridgehead atoms. The van der Waals surface area contributed by atoms with E-state index in [1.165, 1.54) is 21.4 Å². The van der Waals surface area contributed by atoms with E-state index in [9.17, 15) is 8.42 Å². The smallest absolute Gasteiger partial charge is 0.246 e. The second kappa shape index (κ2) is 4.70.